The molecule has 1 aromatic rings. The van der Waals surface area contributed by atoms with Gasteiger partial charge in [-0.1, -0.05) is 13.8 Å². The highest BCUT2D eigenvalue weighted by molar-refractivity contribution is 7.89. The van der Waals surface area contributed by atoms with E-state index in [1.165, 1.54) is 4.31 Å². The van der Waals surface area contributed by atoms with E-state index in [9.17, 15) is 8.42 Å². The van der Waals surface area contributed by atoms with Gasteiger partial charge in [-0.2, -0.15) is 9.40 Å². The van der Waals surface area contributed by atoms with Crippen molar-refractivity contribution in [3.8, 4) is 0 Å². The number of aromatic amines is 1. The van der Waals surface area contributed by atoms with Crippen molar-refractivity contribution in [2.24, 2.45) is 5.41 Å². The van der Waals surface area contributed by atoms with Gasteiger partial charge in [-0.05, 0) is 18.8 Å². The van der Waals surface area contributed by atoms with Crippen LogP contribution in [0.3, 0.4) is 0 Å². The van der Waals surface area contributed by atoms with Gasteiger partial charge < -0.3 is 0 Å². The van der Waals surface area contributed by atoms with E-state index in [2.05, 4.69) is 24.0 Å². The normalized spacial score (nSPS) is 20.4. The Balaban J connectivity index is 2.37. The molecule has 0 radical (unpaired) electrons. The van der Waals surface area contributed by atoms with Crippen molar-refractivity contribution >= 4 is 21.6 Å². The molecule has 1 aliphatic heterocycles. The lowest BCUT2D eigenvalue weighted by Crippen LogP contribution is -2.31. The maximum atomic E-state index is 12.5. The van der Waals surface area contributed by atoms with Gasteiger partial charge in [0.1, 0.15) is 0 Å². The topological polar surface area (TPSA) is 66.1 Å². The number of sulfonamides is 1. The number of H-pyrrole nitrogens is 1. The molecule has 0 saturated carbocycles. The lowest BCUT2D eigenvalue weighted by atomic mass is 9.93. The quantitative estimate of drug-likeness (QED) is 0.865. The van der Waals surface area contributed by atoms with Gasteiger partial charge in [0.25, 0.3) is 10.0 Å². The summed E-state index contributed by atoms with van der Waals surface area (Å²) in [5.41, 5.74) is 1.31. The molecule has 2 rings (SSSR count). The summed E-state index contributed by atoms with van der Waals surface area (Å²) in [6.07, 6.45) is 0.867. The van der Waals surface area contributed by atoms with Gasteiger partial charge in [0.15, 0.2) is 5.03 Å². The highest BCUT2D eigenvalue weighted by Crippen LogP contribution is 2.33. The van der Waals surface area contributed by atoms with Gasteiger partial charge in [-0.3, -0.25) is 5.10 Å². The van der Waals surface area contributed by atoms with Crippen LogP contribution in [0.1, 0.15) is 31.5 Å². The summed E-state index contributed by atoms with van der Waals surface area (Å²) >= 11 is 5.80. The lowest BCUT2D eigenvalue weighted by Gasteiger charge is -2.19. The van der Waals surface area contributed by atoms with Gasteiger partial charge in [-0.25, -0.2) is 8.42 Å². The molecule has 1 saturated heterocycles. The molecule has 5 nitrogen and oxygen atoms in total. The number of rotatable bonds is 3. The van der Waals surface area contributed by atoms with E-state index in [-0.39, 0.29) is 16.3 Å². The summed E-state index contributed by atoms with van der Waals surface area (Å²) in [4.78, 5) is 0. The van der Waals surface area contributed by atoms with E-state index >= 15 is 0 Å². The first-order valence-corrected chi connectivity index (χ1v) is 7.85. The average molecular weight is 292 g/mol. The van der Waals surface area contributed by atoms with Crippen LogP contribution in [0.4, 0.5) is 0 Å². The second-order valence-corrected chi connectivity index (χ2v) is 7.64. The average Bonchev–Trinajstić information content (AvgIpc) is 2.81. The minimum Gasteiger partial charge on any atom is -0.281 e. The standard InChI is InChI=1S/C11H18ClN3O2S/c1-8-9(6-12)10(14-13-8)18(16,17)15-5-4-11(2,3)7-15/h4-7H2,1-3H3,(H,13,14). The molecule has 2 heterocycles. The number of nitrogens with one attached hydrogen (secondary N) is 1. The third kappa shape index (κ3) is 2.29. The van der Waals surface area contributed by atoms with Crippen LogP contribution in [0.2, 0.25) is 0 Å². The largest absolute Gasteiger partial charge is 0.281 e. The van der Waals surface area contributed by atoms with Gasteiger partial charge >= 0.3 is 0 Å². The van der Waals surface area contributed by atoms with E-state index in [0.717, 1.165) is 6.42 Å². The number of nitrogens with zero attached hydrogens (tertiary/aromatic N) is 2. The van der Waals surface area contributed by atoms with Gasteiger partial charge in [0.05, 0.1) is 5.88 Å². The van der Waals surface area contributed by atoms with Crippen LogP contribution in [0.5, 0.6) is 0 Å². The molecule has 0 bridgehead atoms. The van der Waals surface area contributed by atoms with E-state index in [4.69, 9.17) is 11.6 Å². The summed E-state index contributed by atoms with van der Waals surface area (Å²) in [6, 6.07) is 0. The SMILES string of the molecule is Cc1[nH]nc(S(=O)(=O)N2CCC(C)(C)C2)c1CCl. The second kappa shape index (κ2) is 4.51. The van der Waals surface area contributed by atoms with E-state index in [0.29, 0.717) is 24.3 Å². The maximum absolute atomic E-state index is 12.5. The van der Waals surface area contributed by atoms with Crippen LogP contribution >= 0.6 is 11.6 Å². The van der Waals surface area contributed by atoms with Crippen LogP contribution in [0.25, 0.3) is 0 Å². The predicted molar refractivity (Wildman–Crippen MR) is 70.0 cm³/mol. The van der Waals surface area contributed by atoms with E-state index < -0.39 is 10.0 Å². The number of aromatic nitrogens is 2. The smallest absolute Gasteiger partial charge is 0.262 e. The Hall–Kier alpha value is -0.590. The molecule has 0 atom stereocenters. The predicted octanol–water partition coefficient (Wildman–Crippen LogP) is 1.88. The van der Waals surface area contributed by atoms with Gasteiger partial charge in [-0.15, -0.1) is 11.6 Å². The highest BCUT2D eigenvalue weighted by atomic mass is 35.5. The fourth-order valence-electron chi connectivity index (χ4n) is 2.19. The number of hydrogen-bond acceptors (Lipinski definition) is 3. The monoisotopic (exact) mass is 291 g/mol. The zero-order valence-electron chi connectivity index (χ0n) is 10.8. The molecule has 0 amide bonds. The maximum Gasteiger partial charge on any atom is 0.262 e. The fraction of sp³-hybridized carbons (Fsp3) is 0.727. The van der Waals surface area contributed by atoms with Crippen molar-refractivity contribution in [1.29, 1.82) is 0 Å². The first-order chi connectivity index (χ1) is 8.28. The molecule has 18 heavy (non-hydrogen) atoms. The molecule has 1 fully saturated rings. The number of halogens is 1. The number of aryl methyl sites for hydroxylation is 1. The van der Waals surface area contributed by atoms with Crippen LogP contribution in [0.15, 0.2) is 5.03 Å². The summed E-state index contributed by atoms with van der Waals surface area (Å²) in [7, 11) is -3.53. The summed E-state index contributed by atoms with van der Waals surface area (Å²) < 4.78 is 26.5. The molecule has 0 aliphatic carbocycles. The number of hydrogen-bond donors (Lipinski definition) is 1. The molecule has 0 unspecified atom stereocenters. The Morgan fingerprint density at radius 1 is 1.50 bits per heavy atom. The zero-order valence-corrected chi connectivity index (χ0v) is 12.4. The Morgan fingerprint density at radius 3 is 2.67 bits per heavy atom. The Labute approximate surface area is 113 Å². The van der Waals surface area contributed by atoms with Crippen molar-refractivity contribution < 1.29 is 8.42 Å². The minimum absolute atomic E-state index is 0.0273. The molecule has 0 aromatic carbocycles. The third-order valence-corrected chi connectivity index (χ3v) is 5.48. The molecule has 0 spiro atoms. The van der Waals surface area contributed by atoms with Crippen LogP contribution < -0.4 is 0 Å². The van der Waals surface area contributed by atoms with Crippen molar-refractivity contribution in [2.75, 3.05) is 13.1 Å². The number of alkyl halides is 1. The molecule has 1 aromatic heterocycles. The molecule has 1 aliphatic rings. The molecular formula is C11H18ClN3O2S. The molecule has 102 valence electrons. The molecular weight excluding hydrogens is 274 g/mol. The highest BCUT2D eigenvalue weighted by Gasteiger charge is 2.39. The van der Waals surface area contributed by atoms with Crippen molar-refractivity contribution in [3.05, 3.63) is 11.3 Å². The zero-order chi connectivity index (χ0) is 13.6. The Kier molecular flexibility index (Phi) is 3.46. The van der Waals surface area contributed by atoms with Crippen molar-refractivity contribution in [1.82, 2.24) is 14.5 Å². The summed E-state index contributed by atoms with van der Waals surface area (Å²) in [6.45, 7) is 6.99. The summed E-state index contributed by atoms with van der Waals surface area (Å²) in [5.74, 6) is 0.147. The van der Waals surface area contributed by atoms with E-state index in [1.807, 2.05) is 0 Å². The van der Waals surface area contributed by atoms with Crippen molar-refractivity contribution in [3.63, 3.8) is 0 Å². The van der Waals surface area contributed by atoms with Gasteiger partial charge in [0, 0.05) is 24.3 Å². The van der Waals surface area contributed by atoms with Crippen molar-refractivity contribution in [2.45, 2.75) is 38.1 Å². The lowest BCUT2D eigenvalue weighted by molar-refractivity contribution is 0.374. The second-order valence-electron chi connectivity index (χ2n) is 5.52. The first-order valence-electron chi connectivity index (χ1n) is 5.88. The van der Waals surface area contributed by atoms with Crippen LogP contribution in [-0.2, 0) is 15.9 Å². The summed E-state index contributed by atoms with van der Waals surface area (Å²) in [5, 5.41) is 6.69. The minimum atomic E-state index is -3.53. The Bertz CT molecular complexity index is 551. The fourth-order valence-corrected chi connectivity index (χ4v) is 4.39. The molecule has 1 N–H and O–H groups in total. The Morgan fingerprint density at radius 2 is 2.17 bits per heavy atom. The molecule has 7 heteroatoms. The first kappa shape index (κ1) is 13.8. The van der Waals surface area contributed by atoms with E-state index in [1.54, 1.807) is 6.92 Å². The third-order valence-electron chi connectivity index (χ3n) is 3.40. The van der Waals surface area contributed by atoms with Gasteiger partial charge in [0.2, 0.25) is 0 Å². The van der Waals surface area contributed by atoms with Crippen LogP contribution in [-0.4, -0.2) is 36.0 Å². The van der Waals surface area contributed by atoms with Crippen LogP contribution in [0, 0.1) is 12.3 Å².